The second kappa shape index (κ2) is 6.54. The van der Waals surface area contributed by atoms with Crippen LogP contribution in [0, 0.1) is 0 Å². The Balaban J connectivity index is 1.62. The van der Waals surface area contributed by atoms with Gasteiger partial charge in [0.05, 0.1) is 7.11 Å². The van der Waals surface area contributed by atoms with Crippen molar-refractivity contribution >= 4 is 10.9 Å². The summed E-state index contributed by atoms with van der Waals surface area (Å²) in [6.45, 7) is 1.93. The number of methoxy groups -OCH3 is 1. The van der Waals surface area contributed by atoms with Crippen LogP contribution in [0.3, 0.4) is 0 Å². The van der Waals surface area contributed by atoms with Gasteiger partial charge in [-0.15, -0.1) is 0 Å². The van der Waals surface area contributed by atoms with Crippen molar-refractivity contribution in [3.05, 3.63) is 78.0 Å². The van der Waals surface area contributed by atoms with Crippen LogP contribution in [0.2, 0.25) is 0 Å². The highest BCUT2D eigenvalue weighted by Gasteiger charge is 2.23. The molecule has 0 radical (unpaired) electrons. The van der Waals surface area contributed by atoms with E-state index in [1.807, 2.05) is 12.1 Å². The van der Waals surface area contributed by atoms with Gasteiger partial charge in [0.15, 0.2) is 0 Å². The molecule has 0 bridgehead atoms. The minimum atomic E-state index is 0.410. The summed E-state index contributed by atoms with van der Waals surface area (Å²) in [7, 11) is 1.71. The number of nitrogens with one attached hydrogen (secondary N) is 1. The van der Waals surface area contributed by atoms with Gasteiger partial charge in [0, 0.05) is 36.2 Å². The summed E-state index contributed by atoms with van der Waals surface area (Å²) >= 11 is 0. The molecule has 1 N–H and O–H groups in total. The molecule has 1 aliphatic heterocycles. The monoisotopic (exact) mass is 318 g/mol. The number of hydrogen-bond acceptors (Lipinski definition) is 2. The number of ether oxygens (including phenoxy) is 1. The molecule has 0 saturated carbocycles. The Kier molecular flexibility index (Phi) is 4.09. The highest BCUT2D eigenvalue weighted by atomic mass is 16.5. The molecule has 3 aromatic rings. The minimum Gasteiger partial charge on any atom is -0.497 e. The Morgan fingerprint density at radius 1 is 1.08 bits per heavy atom. The zero-order valence-electron chi connectivity index (χ0n) is 13.9. The smallest absolute Gasteiger partial charge is 0.118 e. The predicted octanol–water partition coefficient (Wildman–Crippen LogP) is 4.68. The van der Waals surface area contributed by atoms with E-state index in [4.69, 9.17) is 4.74 Å². The van der Waals surface area contributed by atoms with Gasteiger partial charge in [-0.2, -0.15) is 0 Å². The molecule has 0 aliphatic carbocycles. The zero-order valence-corrected chi connectivity index (χ0v) is 13.9. The molecule has 4 rings (SSSR count). The van der Waals surface area contributed by atoms with E-state index in [0.717, 1.165) is 25.3 Å². The maximum absolute atomic E-state index is 5.26. The van der Waals surface area contributed by atoms with E-state index in [0.29, 0.717) is 6.04 Å². The number of hydrogen-bond donors (Lipinski definition) is 1. The van der Waals surface area contributed by atoms with Gasteiger partial charge in [-0.3, -0.25) is 4.90 Å². The first kappa shape index (κ1) is 15.0. The van der Waals surface area contributed by atoms with E-state index in [1.54, 1.807) is 7.11 Å². The fourth-order valence-electron chi connectivity index (χ4n) is 3.54. The van der Waals surface area contributed by atoms with Crippen LogP contribution in [0.1, 0.15) is 23.6 Å². The van der Waals surface area contributed by atoms with Crippen LogP contribution in [-0.2, 0) is 6.54 Å². The van der Waals surface area contributed by atoms with Gasteiger partial charge in [0.1, 0.15) is 5.75 Å². The normalized spacial score (nSPS) is 18.1. The third-order valence-corrected chi connectivity index (χ3v) is 4.83. The van der Waals surface area contributed by atoms with E-state index in [-0.39, 0.29) is 0 Å². The standard InChI is InChI=1S/C21H22N2O/c1-24-17-11-9-16(10-12-17)15-23-13-5-4-8-21(23)19-14-22-20-7-3-2-6-18(19)20/h2-7,9-12,14,21-22H,8,13,15H2,1H3. The van der Waals surface area contributed by atoms with Gasteiger partial charge >= 0.3 is 0 Å². The lowest BCUT2D eigenvalue weighted by molar-refractivity contribution is 0.202. The van der Waals surface area contributed by atoms with E-state index < -0.39 is 0 Å². The summed E-state index contributed by atoms with van der Waals surface area (Å²) in [5, 5.41) is 1.33. The number of nitrogens with zero attached hydrogens (tertiary/aromatic N) is 1. The summed E-state index contributed by atoms with van der Waals surface area (Å²) < 4.78 is 5.26. The fourth-order valence-corrected chi connectivity index (χ4v) is 3.54. The molecule has 24 heavy (non-hydrogen) atoms. The average Bonchev–Trinajstić information content (AvgIpc) is 3.07. The van der Waals surface area contributed by atoms with Crippen molar-refractivity contribution in [2.24, 2.45) is 0 Å². The number of rotatable bonds is 4. The summed E-state index contributed by atoms with van der Waals surface area (Å²) in [5.41, 5.74) is 3.92. The Morgan fingerprint density at radius 2 is 1.92 bits per heavy atom. The molecule has 122 valence electrons. The number of para-hydroxylation sites is 1. The Bertz CT molecular complexity index is 848. The molecule has 1 aromatic heterocycles. The molecular weight excluding hydrogens is 296 g/mol. The highest BCUT2D eigenvalue weighted by molar-refractivity contribution is 5.83. The summed E-state index contributed by atoms with van der Waals surface area (Å²) in [6, 6.07) is 17.4. The first-order valence-electron chi connectivity index (χ1n) is 8.43. The van der Waals surface area contributed by atoms with Crippen LogP contribution in [0.4, 0.5) is 0 Å². The number of aromatic nitrogens is 1. The predicted molar refractivity (Wildman–Crippen MR) is 98.2 cm³/mol. The molecule has 1 atom stereocenters. The lowest BCUT2D eigenvalue weighted by atomic mass is 9.98. The minimum absolute atomic E-state index is 0.410. The van der Waals surface area contributed by atoms with E-state index in [9.17, 15) is 0 Å². The van der Waals surface area contributed by atoms with Gasteiger partial charge in [-0.05, 0) is 35.7 Å². The second-order valence-corrected chi connectivity index (χ2v) is 6.29. The molecule has 0 amide bonds. The fraction of sp³-hybridized carbons (Fsp3) is 0.238. The topological polar surface area (TPSA) is 28.3 Å². The van der Waals surface area contributed by atoms with Crippen LogP contribution < -0.4 is 4.74 Å². The molecule has 3 nitrogen and oxygen atoms in total. The lowest BCUT2D eigenvalue weighted by Gasteiger charge is -2.33. The first-order chi connectivity index (χ1) is 11.8. The molecular formula is C21H22N2O. The molecule has 3 heteroatoms. The van der Waals surface area contributed by atoms with Crippen molar-refractivity contribution in [3.63, 3.8) is 0 Å². The van der Waals surface area contributed by atoms with Gasteiger partial charge in [0.2, 0.25) is 0 Å². The molecule has 2 heterocycles. The van der Waals surface area contributed by atoms with E-state index in [1.165, 1.54) is 22.0 Å². The third-order valence-electron chi connectivity index (χ3n) is 4.83. The number of aromatic amines is 1. The Morgan fingerprint density at radius 3 is 2.75 bits per heavy atom. The van der Waals surface area contributed by atoms with Crippen molar-refractivity contribution in [1.29, 1.82) is 0 Å². The first-order valence-corrected chi connectivity index (χ1v) is 8.43. The quantitative estimate of drug-likeness (QED) is 0.708. The molecule has 2 aromatic carbocycles. The van der Waals surface area contributed by atoms with Crippen molar-refractivity contribution in [3.8, 4) is 5.75 Å². The number of fused-ring (bicyclic) bond motifs is 1. The van der Waals surface area contributed by atoms with Gasteiger partial charge < -0.3 is 9.72 Å². The molecule has 0 spiro atoms. The summed E-state index contributed by atoms with van der Waals surface area (Å²) in [6.07, 6.45) is 7.80. The largest absolute Gasteiger partial charge is 0.497 e. The maximum Gasteiger partial charge on any atom is 0.118 e. The van der Waals surface area contributed by atoms with Crippen LogP contribution in [0.15, 0.2) is 66.9 Å². The van der Waals surface area contributed by atoms with Gasteiger partial charge in [-0.25, -0.2) is 0 Å². The zero-order chi connectivity index (χ0) is 16.4. The third kappa shape index (κ3) is 2.83. The highest BCUT2D eigenvalue weighted by Crippen LogP contribution is 2.34. The van der Waals surface area contributed by atoms with E-state index in [2.05, 4.69) is 64.6 Å². The van der Waals surface area contributed by atoms with Crippen LogP contribution in [0.5, 0.6) is 5.75 Å². The molecule has 1 unspecified atom stereocenters. The lowest BCUT2D eigenvalue weighted by Crippen LogP contribution is -2.30. The molecule has 0 saturated heterocycles. The maximum atomic E-state index is 5.26. The van der Waals surface area contributed by atoms with Crippen LogP contribution in [0.25, 0.3) is 10.9 Å². The summed E-state index contributed by atoms with van der Waals surface area (Å²) in [4.78, 5) is 5.96. The Labute approximate surface area is 142 Å². The van der Waals surface area contributed by atoms with Gasteiger partial charge in [0.25, 0.3) is 0 Å². The average molecular weight is 318 g/mol. The molecule has 1 aliphatic rings. The van der Waals surface area contributed by atoms with Gasteiger partial charge in [-0.1, -0.05) is 42.5 Å². The van der Waals surface area contributed by atoms with E-state index >= 15 is 0 Å². The number of benzene rings is 2. The van der Waals surface area contributed by atoms with Crippen molar-refractivity contribution in [2.75, 3.05) is 13.7 Å². The second-order valence-electron chi connectivity index (χ2n) is 6.29. The van der Waals surface area contributed by atoms with Crippen molar-refractivity contribution < 1.29 is 4.74 Å². The SMILES string of the molecule is COc1ccc(CN2CC=CCC2c2c[nH]c3ccccc23)cc1. The molecule has 0 fully saturated rings. The van der Waals surface area contributed by atoms with Crippen molar-refractivity contribution in [2.45, 2.75) is 19.0 Å². The summed E-state index contributed by atoms with van der Waals surface area (Å²) in [5.74, 6) is 0.908. The Hall–Kier alpha value is -2.52. The van der Waals surface area contributed by atoms with Crippen molar-refractivity contribution in [1.82, 2.24) is 9.88 Å². The van der Waals surface area contributed by atoms with Crippen LogP contribution in [-0.4, -0.2) is 23.5 Å². The van der Waals surface area contributed by atoms with Crippen LogP contribution >= 0.6 is 0 Å². The number of H-pyrrole nitrogens is 1.